The van der Waals surface area contributed by atoms with Gasteiger partial charge in [0.05, 0.1) is 24.0 Å². The van der Waals surface area contributed by atoms with E-state index >= 15 is 0 Å². The Morgan fingerprint density at radius 1 is 1.53 bits per heavy atom. The van der Waals surface area contributed by atoms with Crippen molar-refractivity contribution in [2.45, 2.75) is 13.3 Å². The zero-order valence-corrected chi connectivity index (χ0v) is 9.30. The van der Waals surface area contributed by atoms with Crippen molar-refractivity contribution in [2.75, 3.05) is 6.61 Å². The number of H-pyrrole nitrogens is 1. The number of thiocarbonyl (C=S) groups is 1. The van der Waals surface area contributed by atoms with E-state index in [1.54, 1.807) is 6.33 Å². The SMILES string of the molecule is CCCOC(=S)c1cccc2[nH]cnc12. The summed E-state index contributed by atoms with van der Waals surface area (Å²) in [5.41, 5.74) is 2.74. The second kappa shape index (κ2) is 4.40. The fraction of sp³-hybridized carbons (Fsp3) is 0.273. The second-order valence-electron chi connectivity index (χ2n) is 3.24. The van der Waals surface area contributed by atoms with E-state index in [9.17, 15) is 0 Å². The van der Waals surface area contributed by atoms with Crippen LogP contribution >= 0.6 is 12.2 Å². The van der Waals surface area contributed by atoms with E-state index in [4.69, 9.17) is 17.0 Å². The lowest BCUT2D eigenvalue weighted by molar-refractivity contribution is 0.314. The Morgan fingerprint density at radius 2 is 2.40 bits per heavy atom. The summed E-state index contributed by atoms with van der Waals surface area (Å²) in [5.74, 6) is 0. The number of rotatable bonds is 3. The zero-order chi connectivity index (χ0) is 10.7. The molecule has 0 saturated carbocycles. The third kappa shape index (κ3) is 1.99. The van der Waals surface area contributed by atoms with Gasteiger partial charge in [-0.05, 0) is 30.8 Å². The maximum atomic E-state index is 5.43. The minimum atomic E-state index is 0.523. The second-order valence-corrected chi connectivity index (χ2v) is 3.61. The number of ether oxygens (including phenoxy) is 1. The Hall–Kier alpha value is -1.42. The Morgan fingerprint density at radius 3 is 3.20 bits per heavy atom. The van der Waals surface area contributed by atoms with Crippen LogP contribution in [0.3, 0.4) is 0 Å². The van der Waals surface area contributed by atoms with Gasteiger partial charge >= 0.3 is 0 Å². The van der Waals surface area contributed by atoms with Gasteiger partial charge in [-0.25, -0.2) is 4.98 Å². The van der Waals surface area contributed by atoms with Crippen molar-refractivity contribution in [3.8, 4) is 0 Å². The molecule has 0 saturated heterocycles. The number of aromatic amines is 1. The Labute approximate surface area is 93.5 Å². The molecule has 3 nitrogen and oxygen atoms in total. The summed E-state index contributed by atoms with van der Waals surface area (Å²) in [6.07, 6.45) is 2.62. The predicted octanol–water partition coefficient (Wildman–Crippen LogP) is 2.67. The molecule has 1 heterocycles. The molecule has 0 radical (unpaired) electrons. The molecule has 0 bridgehead atoms. The molecule has 1 aromatic carbocycles. The monoisotopic (exact) mass is 220 g/mol. The summed E-state index contributed by atoms with van der Waals surface area (Å²) < 4.78 is 5.43. The maximum Gasteiger partial charge on any atom is 0.193 e. The first-order valence-corrected chi connectivity index (χ1v) is 5.33. The Kier molecular flexibility index (Phi) is 2.97. The zero-order valence-electron chi connectivity index (χ0n) is 8.49. The molecule has 0 fully saturated rings. The summed E-state index contributed by atoms with van der Waals surface area (Å²) in [6, 6.07) is 5.84. The van der Waals surface area contributed by atoms with Crippen molar-refractivity contribution in [1.82, 2.24) is 9.97 Å². The largest absolute Gasteiger partial charge is 0.483 e. The van der Waals surface area contributed by atoms with Gasteiger partial charge in [-0.15, -0.1) is 0 Å². The van der Waals surface area contributed by atoms with E-state index in [-0.39, 0.29) is 0 Å². The van der Waals surface area contributed by atoms with Gasteiger partial charge in [0.1, 0.15) is 5.52 Å². The van der Waals surface area contributed by atoms with Crippen LogP contribution in [0.4, 0.5) is 0 Å². The van der Waals surface area contributed by atoms with Gasteiger partial charge < -0.3 is 9.72 Å². The normalized spacial score (nSPS) is 10.5. The molecule has 2 aromatic rings. The van der Waals surface area contributed by atoms with E-state index in [1.807, 2.05) is 18.2 Å². The van der Waals surface area contributed by atoms with Crippen molar-refractivity contribution in [3.05, 3.63) is 30.1 Å². The molecule has 1 N–H and O–H groups in total. The molecule has 0 spiro atoms. The molecule has 78 valence electrons. The number of fused-ring (bicyclic) bond motifs is 1. The van der Waals surface area contributed by atoms with Crippen LogP contribution in [0, 0.1) is 0 Å². The van der Waals surface area contributed by atoms with Gasteiger partial charge in [-0.3, -0.25) is 0 Å². The standard InChI is InChI=1S/C11H12N2OS/c1-2-6-14-11(15)8-4-3-5-9-10(8)13-7-12-9/h3-5,7H,2,6H2,1H3,(H,12,13). The van der Waals surface area contributed by atoms with Gasteiger partial charge in [-0.1, -0.05) is 13.0 Å². The number of imidazole rings is 1. The van der Waals surface area contributed by atoms with Gasteiger partial charge in [0.25, 0.3) is 0 Å². The summed E-state index contributed by atoms with van der Waals surface area (Å²) in [4.78, 5) is 7.27. The number of nitrogens with zero attached hydrogens (tertiary/aromatic N) is 1. The molecule has 0 atom stereocenters. The van der Waals surface area contributed by atoms with E-state index in [2.05, 4.69) is 16.9 Å². The van der Waals surface area contributed by atoms with Crippen molar-refractivity contribution in [2.24, 2.45) is 0 Å². The number of hydrogen-bond donors (Lipinski definition) is 1. The molecule has 0 aliphatic carbocycles. The van der Waals surface area contributed by atoms with Crippen molar-refractivity contribution in [1.29, 1.82) is 0 Å². The highest BCUT2D eigenvalue weighted by Crippen LogP contribution is 2.16. The summed E-state index contributed by atoms with van der Waals surface area (Å²) in [7, 11) is 0. The average molecular weight is 220 g/mol. The van der Waals surface area contributed by atoms with Gasteiger partial charge in [0, 0.05) is 0 Å². The molecule has 1 aromatic heterocycles. The molecular formula is C11H12N2OS. The predicted molar refractivity (Wildman–Crippen MR) is 64.0 cm³/mol. The Bertz CT molecular complexity index is 478. The third-order valence-corrected chi connectivity index (χ3v) is 2.44. The molecule has 0 aliphatic heterocycles. The lowest BCUT2D eigenvalue weighted by Gasteiger charge is -2.06. The van der Waals surface area contributed by atoms with Crippen LogP contribution in [0.25, 0.3) is 11.0 Å². The topological polar surface area (TPSA) is 37.9 Å². The first kappa shape index (κ1) is 10.1. The van der Waals surface area contributed by atoms with Crippen molar-refractivity contribution in [3.63, 3.8) is 0 Å². The van der Waals surface area contributed by atoms with E-state index < -0.39 is 0 Å². The fourth-order valence-corrected chi connectivity index (χ4v) is 1.65. The minimum Gasteiger partial charge on any atom is -0.483 e. The first-order valence-electron chi connectivity index (χ1n) is 4.92. The molecular weight excluding hydrogens is 208 g/mol. The van der Waals surface area contributed by atoms with Crippen LogP contribution in [0.1, 0.15) is 18.9 Å². The number of benzene rings is 1. The van der Waals surface area contributed by atoms with Gasteiger partial charge in [0.2, 0.25) is 0 Å². The summed E-state index contributed by atoms with van der Waals surface area (Å²) in [6.45, 7) is 2.71. The first-order chi connectivity index (χ1) is 7.33. The molecule has 0 unspecified atom stereocenters. The lowest BCUT2D eigenvalue weighted by atomic mass is 10.2. The Balaban J connectivity index is 2.34. The highest BCUT2D eigenvalue weighted by molar-refractivity contribution is 7.80. The number of hydrogen-bond acceptors (Lipinski definition) is 3. The van der Waals surface area contributed by atoms with E-state index in [0.717, 1.165) is 23.0 Å². The summed E-state index contributed by atoms with van der Waals surface area (Å²) >= 11 is 5.20. The quantitative estimate of drug-likeness (QED) is 0.808. The van der Waals surface area contributed by atoms with Gasteiger partial charge in [0.15, 0.2) is 5.05 Å². The minimum absolute atomic E-state index is 0.523. The molecule has 15 heavy (non-hydrogen) atoms. The maximum absolute atomic E-state index is 5.43. The lowest BCUT2D eigenvalue weighted by Crippen LogP contribution is -2.05. The van der Waals surface area contributed by atoms with Gasteiger partial charge in [-0.2, -0.15) is 0 Å². The van der Waals surface area contributed by atoms with E-state index in [1.165, 1.54) is 0 Å². The molecule has 0 aliphatic rings. The number of aromatic nitrogens is 2. The highest BCUT2D eigenvalue weighted by atomic mass is 32.1. The smallest absolute Gasteiger partial charge is 0.193 e. The van der Waals surface area contributed by atoms with Crippen LogP contribution < -0.4 is 0 Å². The van der Waals surface area contributed by atoms with Crippen molar-refractivity contribution >= 4 is 28.3 Å². The van der Waals surface area contributed by atoms with Crippen LogP contribution in [0.2, 0.25) is 0 Å². The van der Waals surface area contributed by atoms with Crippen LogP contribution in [0.15, 0.2) is 24.5 Å². The molecule has 0 amide bonds. The fourth-order valence-electron chi connectivity index (χ4n) is 1.40. The molecule has 4 heteroatoms. The highest BCUT2D eigenvalue weighted by Gasteiger charge is 2.08. The van der Waals surface area contributed by atoms with Crippen molar-refractivity contribution < 1.29 is 4.74 Å². The van der Waals surface area contributed by atoms with Crippen LogP contribution in [-0.2, 0) is 4.74 Å². The molecule has 2 rings (SSSR count). The average Bonchev–Trinajstić information content (AvgIpc) is 2.73. The number of para-hydroxylation sites is 1. The number of nitrogens with one attached hydrogen (secondary N) is 1. The van der Waals surface area contributed by atoms with Crippen LogP contribution in [0.5, 0.6) is 0 Å². The summed E-state index contributed by atoms with van der Waals surface area (Å²) in [5, 5.41) is 0.523. The van der Waals surface area contributed by atoms with E-state index in [0.29, 0.717) is 11.7 Å². The van der Waals surface area contributed by atoms with Crippen LogP contribution in [-0.4, -0.2) is 21.6 Å². The third-order valence-electron chi connectivity index (χ3n) is 2.11.